The smallest absolute Gasteiger partial charge is 0.118 e. The van der Waals surface area contributed by atoms with Crippen molar-refractivity contribution in [2.75, 3.05) is 13.7 Å². The molecule has 0 heterocycles. The highest BCUT2D eigenvalue weighted by Crippen LogP contribution is 2.41. The van der Waals surface area contributed by atoms with Crippen LogP contribution in [0.25, 0.3) is 0 Å². The molecule has 0 aromatic heterocycles. The van der Waals surface area contributed by atoms with Crippen molar-refractivity contribution in [3.8, 4) is 5.75 Å². The number of benzene rings is 1. The molecule has 2 rings (SSSR count). The zero-order chi connectivity index (χ0) is 13.0. The van der Waals surface area contributed by atoms with Gasteiger partial charge in [-0.2, -0.15) is 0 Å². The van der Waals surface area contributed by atoms with Crippen molar-refractivity contribution in [2.45, 2.75) is 51.0 Å². The molecule has 0 amide bonds. The van der Waals surface area contributed by atoms with E-state index >= 15 is 0 Å². The summed E-state index contributed by atoms with van der Waals surface area (Å²) >= 11 is 0. The van der Waals surface area contributed by atoms with Gasteiger partial charge >= 0.3 is 0 Å². The fraction of sp³-hybridized carbons (Fsp3) is 0.625. The normalized spacial score (nSPS) is 27.4. The summed E-state index contributed by atoms with van der Waals surface area (Å²) in [7, 11) is 1.72. The maximum absolute atomic E-state index is 5.23. The predicted octanol–water partition coefficient (Wildman–Crippen LogP) is 3.51. The van der Waals surface area contributed by atoms with Gasteiger partial charge < -0.3 is 10.1 Å². The van der Waals surface area contributed by atoms with Crippen LogP contribution in [-0.2, 0) is 5.41 Å². The van der Waals surface area contributed by atoms with E-state index in [4.69, 9.17) is 4.74 Å². The lowest BCUT2D eigenvalue weighted by molar-refractivity contribution is 0.413. The third-order valence-electron chi connectivity index (χ3n) is 4.21. The number of hydrogen-bond donors (Lipinski definition) is 1. The number of hydrogen-bond acceptors (Lipinski definition) is 2. The highest BCUT2D eigenvalue weighted by molar-refractivity contribution is 5.33. The second-order valence-electron chi connectivity index (χ2n) is 5.68. The lowest BCUT2D eigenvalue weighted by atomic mass is 9.81. The topological polar surface area (TPSA) is 21.3 Å². The monoisotopic (exact) mass is 247 g/mol. The summed E-state index contributed by atoms with van der Waals surface area (Å²) in [5.74, 6) is 0.945. The van der Waals surface area contributed by atoms with Crippen LogP contribution in [-0.4, -0.2) is 19.7 Å². The summed E-state index contributed by atoms with van der Waals surface area (Å²) in [6.07, 6.45) is 5.04. The zero-order valence-electron chi connectivity index (χ0n) is 11.8. The van der Waals surface area contributed by atoms with Crippen LogP contribution < -0.4 is 10.1 Å². The standard InChI is InChI=1S/C16H25NO/c1-4-11-17-14-9-10-16(2,12-14)13-5-7-15(18-3)8-6-13/h5-8,14,17H,4,9-12H2,1-3H3. The van der Waals surface area contributed by atoms with E-state index in [0.29, 0.717) is 11.5 Å². The van der Waals surface area contributed by atoms with Gasteiger partial charge in [0.1, 0.15) is 5.75 Å². The Morgan fingerprint density at radius 2 is 2.06 bits per heavy atom. The quantitative estimate of drug-likeness (QED) is 0.859. The third kappa shape index (κ3) is 2.86. The van der Waals surface area contributed by atoms with Crippen LogP contribution in [0.4, 0.5) is 0 Å². The van der Waals surface area contributed by atoms with Gasteiger partial charge in [0.15, 0.2) is 0 Å². The first-order valence-electron chi connectivity index (χ1n) is 7.06. The first-order chi connectivity index (χ1) is 8.68. The molecule has 1 fully saturated rings. The van der Waals surface area contributed by atoms with Gasteiger partial charge in [0.05, 0.1) is 7.11 Å². The molecular weight excluding hydrogens is 222 g/mol. The van der Waals surface area contributed by atoms with Crippen molar-refractivity contribution in [1.29, 1.82) is 0 Å². The zero-order valence-corrected chi connectivity index (χ0v) is 11.8. The Balaban J connectivity index is 2.03. The lowest BCUT2D eigenvalue weighted by Crippen LogP contribution is -2.29. The van der Waals surface area contributed by atoms with Crippen LogP contribution >= 0.6 is 0 Å². The number of nitrogens with one attached hydrogen (secondary N) is 1. The van der Waals surface area contributed by atoms with E-state index in [1.807, 2.05) is 0 Å². The molecule has 2 heteroatoms. The molecule has 100 valence electrons. The molecule has 0 aliphatic heterocycles. The molecule has 2 atom stereocenters. The molecule has 0 radical (unpaired) electrons. The first-order valence-corrected chi connectivity index (χ1v) is 7.06. The second kappa shape index (κ2) is 5.75. The lowest BCUT2D eigenvalue weighted by Gasteiger charge is -2.25. The SMILES string of the molecule is CCCNC1CCC(C)(c2ccc(OC)cc2)C1. The minimum absolute atomic E-state index is 0.331. The van der Waals surface area contributed by atoms with E-state index < -0.39 is 0 Å². The minimum atomic E-state index is 0.331. The van der Waals surface area contributed by atoms with E-state index in [-0.39, 0.29) is 0 Å². The summed E-state index contributed by atoms with van der Waals surface area (Å²) in [6, 6.07) is 9.29. The van der Waals surface area contributed by atoms with Crippen LogP contribution in [0, 0.1) is 0 Å². The Morgan fingerprint density at radius 1 is 1.33 bits per heavy atom. The van der Waals surface area contributed by atoms with Crippen molar-refractivity contribution < 1.29 is 4.74 Å². The van der Waals surface area contributed by atoms with Gasteiger partial charge in [-0.1, -0.05) is 26.0 Å². The summed E-state index contributed by atoms with van der Waals surface area (Å²) in [4.78, 5) is 0. The number of rotatable bonds is 5. The Kier molecular flexibility index (Phi) is 4.28. The largest absolute Gasteiger partial charge is 0.497 e. The van der Waals surface area contributed by atoms with Crippen molar-refractivity contribution >= 4 is 0 Å². The molecule has 1 saturated carbocycles. The van der Waals surface area contributed by atoms with Crippen molar-refractivity contribution in [1.82, 2.24) is 5.32 Å². The highest BCUT2D eigenvalue weighted by Gasteiger charge is 2.35. The molecule has 0 bridgehead atoms. The molecule has 18 heavy (non-hydrogen) atoms. The minimum Gasteiger partial charge on any atom is -0.497 e. The van der Waals surface area contributed by atoms with Gasteiger partial charge in [-0.25, -0.2) is 0 Å². The van der Waals surface area contributed by atoms with E-state index in [9.17, 15) is 0 Å². The summed E-state index contributed by atoms with van der Waals surface area (Å²) in [6.45, 7) is 5.76. The predicted molar refractivity (Wildman–Crippen MR) is 76.3 cm³/mol. The summed E-state index contributed by atoms with van der Waals surface area (Å²) in [5, 5.41) is 3.65. The van der Waals surface area contributed by atoms with Crippen molar-refractivity contribution in [2.24, 2.45) is 0 Å². The van der Waals surface area contributed by atoms with Crippen LogP contribution in [0.15, 0.2) is 24.3 Å². The van der Waals surface area contributed by atoms with Crippen LogP contribution in [0.3, 0.4) is 0 Å². The summed E-state index contributed by atoms with van der Waals surface area (Å²) < 4.78 is 5.23. The van der Waals surface area contributed by atoms with E-state index in [2.05, 4.69) is 43.4 Å². The van der Waals surface area contributed by atoms with Gasteiger partial charge in [0, 0.05) is 6.04 Å². The van der Waals surface area contributed by atoms with Crippen LogP contribution in [0.1, 0.15) is 45.1 Å². The average Bonchev–Trinajstić information content (AvgIpc) is 2.79. The fourth-order valence-electron chi connectivity index (χ4n) is 3.02. The van der Waals surface area contributed by atoms with Crippen LogP contribution in [0.2, 0.25) is 0 Å². The molecule has 1 aromatic carbocycles. The third-order valence-corrected chi connectivity index (χ3v) is 4.21. The van der Waals surface area contributed by atoms with Gasteiger partial charge in [-0.3, -0.25) is 0 Å². The Bertz CT molecular complexity index is 373. The van der Waals surface area contributed by atoms with E-state index in [1.165, 1.54) is 31.2 Å². The van der Waals surface area contributed by atoms with Gasteiger partial charge in [-0.05, 0) is 55.3 Å². The Labute approximate surface area is 111 Å². The van der Waals surface area contributed by atoms with E-state index in [0.717, 1.165) is 12.3 Å². The molecule has 1 aromatic rings. The van der Waals surface area contributed by atoms with Crippen molar-refractivity contribution in [3.05, 3.63) is 29.8 Å². The van der Waals surface area contributed by atoms with Gasteiger partial charge in [-0.15, -0.1) is 0 Å². The molecule has 0 saturated heterocycles. The highest BCUT2D eigenvalue weighted by atomic mass is 16.5. The second-order valence-corrected chi connectivity index (χ2v) is 5.68. The maximum Gasteiger partial charge on any atom is 0.118 e. The average molecular weight is 247 g/mol. The van der Waals surface area contributed by atoms with Gasteiger partial charge in [0.25, 0.3) is 0 Å². The van der Waals surface area contributed by atoms with E-state index in [1.54, 1.807) is 7.11 Å². The number of methoxy groups -OCH3 is 1. The molecular formula is C16H25NO. The summed E-state index contributed by atoms with van der Waals surface area (Å²) in [5.41, 5.74) is 1.78. The molecule has 2 unspecified atom stereocenters. The molecule has 2 nitrogen and oxygen atoms in total. The maximum atomic E-state index is 5.23. The van der Waals surface area contributed by atoms with Crippen molar-refractivity contribution in [3.63, 3.8) is 0 Å². The Morgan fingerprint density at radius 3 is 2.67 bits per heavy atom. The Hall–Kier alpha value is -1.02. The first kappa shape index (κ1) is 13.4. The molecule has 1 N–H and O–H groups in total. The fourth-order valence-corrected chi connectivity index (χ4v) is 3.02. The van der Waals surface area contributed by atoms with Gasteiger partial charge in [0.2, 0.25) is 0 Å². The van der Waals surface area contributed by atoms with Crippen LogP contribution in [0.5, 0.6) is 5.75 Å². The number of ether oxygens (including phenoxy) is 1. The molecule has 1 aliphatic carbocycles. The molecule has 0 spiro atoms. The molecule has 1 aliphatic rings.